The Bertz CT molecular complexity index is 478. The predicted molar refractivity (Wildman–Crippen MR) is 70.8 cm³/mol. The van der Waals surface area contributed by atoms with Crippen LogP contribution in [-0.2, 0) is 0 Å². The highest BCUT2D eigenvalue weighted by atomic mass is 35.5. The zero-order valence-electron chi connectivity index (χ0n) is 10.0. The number of amides is 1. The Morgan fingerprint density at radius 2 is 2.06 bits per heavy atom. The molecule has 18 heavy (non-hydrogen) atoms. The van der Waals surface area contributed by atoms with Gasteiger partial charge in [-0.1, -0.05) is 23.2 Å². The topological polar surface area (TPSA) is 20.3 Å². The van der Waals surface area contributed by atoms with Crippen molar-refractivity contribution in [3.63, 3.8) is 0 Å². The minimum Gasteiger partial charge on any atom is -0.336 e. The molecule has 1 aromatic carbocycles. The fourth-order valence-electron chi connectivity index (χ4n) is 2.24. The number of halogens is 3. The summed E-state index contributed by atoms with van der Waals surface area (Å²) in [7, 11) is 0. The first-order chi connectivity index (χ1) is 8.50. The van der Waals surface area contributed by atoms with Crippen LogP contribution in [0.25, 0.3) is 0 Å². The summed E-state index contributed by atoms with van der Waals surface area (Å²) in [6.45, 7) is 2.69. The van der Waals surface area contributed by atoms with Crippen LogP contribution in [0.2, 0.25) is 10.0 Å². The molecule has 1 heterocycles. The summed E-state index contributed by atoms with van der Waals surface area (Å²) in [5.74, 6) is -0.836. The van der Waals surface area contributed by atoms with Crippen molar-refractivity contribution in [2.45, 2.75) is 32.2 Å². The van der Waals surface area contributed by atoms with E-state index in [0.29, 0.717) is 6.54 Å². The van der Waals surface area contributed by atoms with Crippen LogP contribution in [-0.4, -0.2) is 23.4 Å². The van der Waals surface area contributed by atoms with E-state index in [-0.39, 0.29) is 27.6 Å². The number of hydrogen-bond donors (Lipinski definition) is 0. The lowest BCUT2D eigenvalue weighted by Gasteiger charge is -2.33. The molecule has 1 fully saturated rings. The highest BCUT2D eigenvalue weighted by Crippen LogP contribution is 2.27. The number of carbonyl (C=O) groups excluding carboxylic acids is 1. The molecule has 1 saturated heterocycles. The fourth-order valence-corrected chi connectivity index (χ4v) is 2.71. The van der Waals surface area contributed by atoms with Crippen LogP contribution >= 0.6 is 23.2 Å². The van der Waals surface area contributed by atoms with Gasteiger partial charge in [-0.3, -0.25) is 4.79 Å². The first kappa shape index (κ1) is 13.6. The van der Waals surface area contributed by atoms with Gasteiger partial charge in [0.25, 0.3) is 5.91 Å². The molecule has 0 spiro atoms. The standard InChI is InChI=1S/C13H14Cl2FNO/c1-8-4-2-3-5-17(8)13(18)9-6-12(16)11(15)7-10(9)14/h6-8H,2-5H2,1H3. The summed E-state index contributed by atoms with van der Waals surface area (Å²) in [4.78, 5) is 14.1. The second-order valence-corrected chi connectivity index (χ2v) is 5.40. The largest absolute Gasteiger partial charge is 0.336 e. The number of benzene rings is 1. The van der Waals surface area contributed by atoms with Gasteiger partial charge in [0.15, 0.2) is 0 Å². The maximum atomic E-state index is 13.4. The Morgan fingerprint density at radius 3 is 2.72 bits per heavy atom. The van der Waals surface area contributed by atoms with Crippen molar-refractivity contribution in [1.29, 1.82) is 0 Å². The smallest absolute Gasteiger partial charge is 0.255 e. The van der Waals surface area contributed by atoms with E-state index in [1.165, 1.54) is 6.07 Å². The van der Waals surface area contributed by atoms with Gasteiger partial charge in [-0.15, -0.1) is 0 Å². The molecule has 1 amide bonds. The van der Waals surface area contributed by atoms with Crippen molar-refractivity contribution in [3.8, 4) is 0 Å². The second kappa shape index (κ2) is 5.45. The monoisotopic (exact) mass is 289 g/mol. The lowest BCUT2D eigenvalue weighted by Crippen LogP contribution is -2.42. The van der Waals surface area contributed by atoms with Crippen LogP contribution in [0.3, 0.4) is 0 Å². The minimum absolute atomic E-state index is 0.0664. The molecule has 0 N–H and O–H groups in total. The van der Waals surface area contributed by atoms with Gasteiger partial charge in [0, 0.05) is 12.6 Å². The average molecular weight is 290 g/mol. The molecule has 5 heteroatoms. The molecular formula is C13H14Cl2FNO. The molecule has 1 aliphatic rings. The highest BCUT2D eigenvalue weighted by Gasteiger charge is 2.26. The quantitative estimate of drug-likeness (QED) is 0.712. The van der Waals surface area contributed by atoms with Crippen LogP contribution in [0.1, 0.15) is 36.5 Å². The third kappa shape index (κ3) is 2.62. The molecule has 98 valence electrons. The predicted octanol–water partition coefficient (Wildman–Crippen LogP) is 4.15. The summed E-state index contributed by atoms with van der Waals surface area (Å²) >= 11 is 11.6. The summed E-state index contributed by atoms with van der Waals surface area (Å²) in [6.07, 6.45) is 3.07. The molecule has 2 nitrogen and oxygen atoms in total. The second-order valence-electron chi connectivity index (χ2n) is 4.59. The first-order valence-electron chi connectivity index (χ1n) is 5.96. The van der Waals surface area contributed by atoms with Crippen molar-refractivity contribution >= 4 is 29.1 Å². The molecule has 2 rings (SSSR count). The van der Waals surface area contributed by atoms with E-state index in [1.807, 2.05) is 6.92 Å². The van der Waals surface area contributed by atoms with E-state index < -0.39 is 5.82 Å². The molecule has 1 unspecified atom stereocenters. The third-order valence-electron chi connectivity index (χ3n) is 3.30. The summed E-state index contributed by atoms with van der Waals surface area (Å²) in [6, 6.07) is 2.57. The van der Waals surface area contributed by atoms with E-state index in [9.17, 15) is 9.18 Å². The van der Waals surface area contributed by atoms with E-state index in [1.54, 1.807) is 4.90 Å². The Hall–Kier alpha value is -0.800. The lowest BCUT2D eigenvalue weighted by molar-refractivity contribution is 0.0635. The Balaban J connectivity index is 2.30. The number of rotatable bonds is 1. The van der Waals surface area contributed by atoms with Gasteiger partial charge in [0.1, 0.15) is 5.82 Å². The molecule has 1 aromatic rings. The zero-order chi connectivity index (χ0) is 13.3. The van der Waals surface area contributed by atoms with Gasteiger partial charge in [0.05, 0.1) is 15.6 Å². The number of hydrogen-bond acceptors (Lipinski definition) is 1. The average Bonchev–Trinajstić information content (AvgIpc) is 2.33. The summed E-state index contributed by atoms with van der Waals surface area (Å²) in [5.41, 5.74) is 0.187. The fraction of sp³-hybridized carbons (Fsp3) is 0.462. The van der Waals surface area contributed by atoms with Gasteiger partial charge in [-0.05, 0) is 38.3 Å². The SMILES string of the molecule is CC1CCCCN1C(=O)c1cc(F)c(Cl)cc1Cl. The van der Waals surface area contributed by atoms with Crippen LogP contribution < -0.4 is 0 Å². The molecule has 1 aliphatic heterocycles. The van der Waals surface area contributed by atoms with E-state index in [2.05, 4.69) is 0 Å². The first-order valence-corrected chi connectivity index (χ1v) is 6.72. The minimum atomic E-state index is -0.617. The van der Waals surface area contributed by atoms with Crippen molar-refractivity contribution in [3.05, 3.63) is 33.6 Å². The molecular weight excluding hydrogens is 276 g/mol. The number of carbonyl (C=O) groups is 1. The van der Waals surface area contributed by atoms with Crippen molar-refractivity contribution in [2.24, 2.45) is 0 Å². The van der Waals surface area contributed by atoms with E-state index in [4.69, 9.17) is 23.2 Å². The van der Waals surface area contributed by atoms with Gasteiger partial charge in [-0.2, -0.15) is 0 Å². The van der Waals surface area contributed by atoms with Crippen molar-refractivity contribution < 1.29 is 9.18 Å². The molecule has 0 aliphatic carbocycles. The Labute approximate surface area is 116 Å². The molecule has 0 saturated carbocycles. The zero-order valence-corrected chi connectivity index (χ0v) is 11.6. The van der Waals surface area contributed by atoms with Gasteiger partial charge >= 0.3 is 0 Å². The van der Waals surface area contributed by atoms with E-state index >= 15 is 0 Å². The number of nitrogens with zero attached hydrogens (tertiary/aromatic N) is 1. The van der Waals surface area contributed by atoms with Gasteiger partial charge in [-0.25, -0.2) is 4.39 Å². The van der Waals surface area contributed by atoms with Gasteiger partial charge < -0.3 is 4.90 Å². The maximum absolute atomic E-state index is 13.4. The van der Waals surface area contributed by atoms with Crippen LogP contribution in [0.15, 0.2) is 12.1 Å². The molecule has 0 bridgehead atoms. The Morgan fingerprint density at radius 1 is 1.33 bits per heavy atom. The van der Waals surface area contributed by atoms with Crippen LogP contribution in [0.4, 0.5) is 4.39 Å². The normalized spacial score (nSPS) is 20.0. The van der Waals surface area contributed by atoms with Gasteiger partial charge in [0.2, 0.25) is 0 Å². The summed E-state index contributed by atoms with van der Waals surface area (Å²) in [5, 5.41) is 0.132. The lowest BCUT2D eigenvalue weighted by atomic mass is 10.0. The van der Waals surface area contributed by atoms with Crippen LogP contribution in [0, 0.1) is 5.82 Å². The molecule has 0 aromatic heterocycles. The number of likely N-dealkylation sites (tertiary alicyclic amines) is 1. The van der Waals surface area contributed by atoms with Crippen LogP contribution in [0.5, 0.6) is 0 Å². The Kier molecular flexibility index (Phi) is 4.13. The molecule has 0 radical (unpaired) electrons. The van der Waals surface area contributed by atoms with E-state index in [0.717, 1.165) is 25.3 Å². The third-order valence-corrected chi connectivity index (χ3v) is 3.91. The number of piperidine rings is 1. The van der Waals surface area contributed by atoms with Crippen molar-refractivity contribution in [1.82, 2.24) is 4.90 Å². The van der Waals surface area contributed by atoms with Crippen molar-refractivity contribution in [2.75, 3.05) is 6.54 Å². The summed E-state index contributed by atoms with van der Waals surface area (Å²) < 4.78 is 13.4. The highest BCUT2D eigenvalue weighted by molar-refractivity contribution is 6.36. The molecule has 1 atom stereocenters. The maximum Gasteiger partial charge on any atom is 0.255 e.